The second-order valence-electron chi connectivity index (χ2n) is 5.83. The van der Waals surface area contributed by atoms with Gasteiger partial charge in [-0.15, -0.1) is 0 Å². The van der Waals surface area contributed by atoms with Crippen molar-refractivity contribution in [2.45, 2.75) is 25.3 Å². The molecule has 21 heavy (non-hydrogen) atoms. The predicted molar refractivity (Wildman–Crippen MR) is 85.0 cm³/mol. The first-order chi connectivity index (χ1) is 10.1. The molecule has 2 aromatic rings. The number of benzene rings is 2. The van der Waals surface area contributed by atoms with E-state index in [1.165, 1.54) is 11.6 Å². The number of nitrogens with zero attached hydrogens (tertiary/aromatic N) is 1. The van der Waals surface area contributed by atoms with Crippen molar-refractivity contribution < 1.29 is 4.39 Å². The summed E-state index contributed by atoms with van der Waals surface area (Å²) in [5.74, 6) is 0.321. The Hall–Kier alpha value is -1.87. The van der Waals surface area contributed by atoms with Crippen molar-refractivity contribution in [3.63, 3.8) is 0 Å². The maximum atomic E-state index is 13.5. The summed E-state index contributed by atoms with van der Waals surface area (Å²) in [4.78, 5) is 2.33. The van der Waals surface area contributed by atoms with E-state index in [0.717, 1.165) is 30.8 Å². The highest BCUT2D eigenvalue weighted by atomic mass is 19.1. The van der Waals surface area contributed by atoms with Gasteiger partial charge in [-0.1, -0.05) is 30.3 Å². The number of hydrogen-bond donors (Lipinski definition) is 1. The standard InChI is InChI=1S/C18H21FN2/c1-13(20)17-11-16(19)7-8-18(17)21-10-9-15(12-21)14-5-3-2-4-6-14/h2-8,11,13,15H,9-10,12,20H2,1H3/t13-,15?/m0/s1. The average Bonchev–Trinajstić information content (AvgIpc) is 2.97. The zero-order chi connectivity index (χ0) is 14.8. The molecule has 1 fully saturated rings. The van der Waals surface area contributed by atoms with Crippen LogP contribution in [-0.2, 0) is 0 Å². The Kier molecular flexibility index (Phi) is 3.93. The molecule has 1 unspecified atom stereocenters. The molecule has 1 aliphatic heterocycles. The van der Waals surface area contributed by atoms with Crippen LogP contribution in [0.25, 0.3) is 0 Å². The molecule has 2 N–H and O–H groups in total. The lowest BCUT2D eigenvalue weighted by Crippen LogP contribution is -2.22. The monoisotopic (exact) mass is 284 g/mol. The van der Waals surface area contributed by atoms with E-state index in [-0.39, 0.29) is 11.9 Å². The molecular formula is C18H21FN2. The minimum absolute atomic E-state index is 0.161. The SMILES string of the molecule is C[C@H](N)c1cc(F)ccc1N1CCC(c2ccccc2)C1. The lowest BCUT2D eigenvalue weighted by molar-refractivity contribution is 0.622. The normalized spacial score (nSPS) is 19.8. The zero-order valence-electron chi connectivity index (χ0n) is 12.3. The van der Waals surface area contributed by atoms with E-state index >= 15 is 0 Å². The largest absolute Gasteiger partial charge is 0.371 e. The number of hydrogen-bond acceptors (Lipinski definition) is 2. The predicted octanol–water partition coefficient (Wildman–Crippen LogP) is 3.84. The summed E-state index contributed by atoms with van der Waals surface area (Å²) in [6, 6.07) is 15.4. The molecule has 0 radical (unpaired) electrons. The van der Waals surface area contributed by atoms with E-state index in [9.17, 15) is 4.39 Å². The molecule has 0 aliphatic carbocycles. The van der Waals surface area contributed by atoms with Gasteiger partial charge in [-0.3, -0.25) is 0 Å². The highest BCUT2D eigenvalue weighted by Crippen LogP contribution is 2.34. The second kappa shape index (κ2) is 5.86. The summed E-state index contributed by atoms with van der Waals surface area (Å²) in [6.45, 7) is 3.86. The highest BCUT2D eigenvalue weighted by Gasteiger charge is 2.26. The molecule has 110 valence electrons. The molecule has 0 amide bonds. The van der Waals surface area contributed by atoms with Gasteiger partial charge in [-0.25, -0.2) is 4.39 Å². The van der Waals surface area contributed by atoms with E-state index in [1.54, 1.807) is 6.07 Å². The van der Waals surface area contributed by atoms with E-state index < -0.39 is 0 Å². The first-order valence-electron chi connectivity index (χ1n) is 7.50. The second-order valence-corrected chi connectivity index (χ2v) is 5.83. The van der Waals surface area contributed by atoms with E-state index in [4.69, 9.17) is 5.73 Å². The zero-order valence-corrected chi connectivity index (χ0v) is 12.3. The fourth-order valence-electron chi connectivity index (χ4n) is 3.15. The van der Waals surface area contributed by atoms with Crippen LogP contribution >= 0.6 is 0 Å². The Morgan fingerprint density at radius 1 is 1.19 bits per heavy atom. The Balaban J connectivity index is 1.84. The van der Waals surface area contributed by atoms with Crippen LogP contribution in [0.5, 0.6) is 0 Å². The number of nitrogens with two attached hydrogens (primary N) is 1. The summed E-state index contributed by atoms with van der Waals surface area (Å²) in [6.07, 6.45) is 1.12. The van der Waals surface area contributed by atoms with Crippen LogP contribution in [0, 0.1) is 5.82 Å². The Bertz CT molecular complexity index is 610. The number of anilines is 1. The lowest BCUT2D eigenvalue weighted by atomic mass is 9.99. The van der Waals surface area contributed by atoms with Crippen molar-refractivity contribution in [1.82, 2.24) is 0 Å². The molecule has 2 nitrogen and oxygen atoms in total. The Morgan fingerprint density at radius 2 is 1.95 bits per heavy atom. The van der Waals surface area contributed by atoms with Crippen LogP contribution in [0.1, 0.15) is 36.4 Å². The highest BCUT2D eigenvalue weighted by molar-refractivity contribution is 5.56. The molecule has 2 aromatic carbocycles. The van der Waals surface area contributed by atoms with Gasteiger partial charge < -0.3 is 10.6 Å². The topological polar surface area (TPSA) is 29.3 Å². The van der Waals surface area contributed by atoms with Crippen molar-refractivity contribution in [2.75, 3.05) is 18.0 Å². The van der Waals surface area contributed by atoms with Crippen LogP contribution < -0.4 is 10.6 Å². The molecule has 3 rings (SSSR count). The summed E-state index contributed by atoms with van der Waals surface area (Å²) in [5, 5.41) is 0. The first-order valence-corrected chi connectivity index (χ1v) is 7.50. The van der Waals surface area contributed by atoms with Crippen LogP contribution in [0.2, 0.25) is 0 Å². The molecule has 1 heterocycles. The third-order valence-electron chi connectivity index (χ3n) is 4.28. The van der Waals surface area contributed by atoms with Crippen LogP contribution in [-0.4, -0.2) is 13.1 Å². The van der Waals surface area contributed by atoms with Crippen LogP contribution in [0.4, 0.5) is 10.1 Å². The maximum Gasteiger partial charge on any atom is 0.123 e. The van der Waals surface area contributed by atoms with E-state index in [1.807, 2.05) is 19.1 Å². The summed E-state index contributed by atoms with van der Waals surface area (Å²) < 4.78 is 13.5. The summed E-state index contributed by atoms with van der Waals surface area (Å²) in [7, 11) is 0. The quantitative estimate of drug-likeness (QED) is 0.928. The maximum absolute atomic E-state index is 13.5. The molecule has 0 bridgehead atoms. The molecule has 0 aromatic heterocycles. The van der Waals surface area contributed by atoms with Crippen LogP contribution in [0.15, 0.2) is 48.5 Å². The van der Waals surface area contributed by atoms with Crippen molar-refractivity contribution in [2.24, 2.45) is 5.73 Å². The van der Waals surface area contributed by atoms with E-state index in [0.29, 0.717) is 5.92 Å². The van der Waals surface area contributed by atoms with Crippen molar-refractivity contribution in [3.8, 4) is 0 Å². The minimum atomic E-state index is -0.218. The van der Waals surface area contributed by atoms with Crippen molar-refractivity contribution in [1.29, 1.82) is 0 Å². The van der Waals surface area contributed by atoms with Gasteiger partial charge in [0, 0.05) is 30.7 Å². The van der Waals surface area contributed by atoms with Gasteiger partial charge in [0.25, 0.3) is 0 Å². The van der Waals surface area contributed by atoms with Crippen molar-refractivity contribution >= 4 is 5.69 Å². The van der Waals surface area contributed by atoms with Gasteiger partial charge in [-0.05, 0) is 42.7 Å². The van der Waals surface area contributed by atoms with Gasteiger partial charge in [0.15, 0.2) is 0 Å². The first kappa shape index (κ1) is 14.1. The molecule has 2 atom stereocenters. The van der Waals surface area contributed by atoms with Crippen LogP contribution in [0.3, 0.4) is 0 Å². The summed E-state index contributed by atoms with van der Waals surface area (Å²) >= 11 is 0. The molecule has 1 saturated heterocycles. The average molecular weight is 284 g/mol. The Morgan fingerprint density at radius 3 is 2.67 bits per heavy atom. The third-order valence-corrected chi connectivity index (χ3v) is 4.28. The molecule has 0 spiro atoms. The number of rotatable bonds is 3. The number of halogens is 1. The van der Waals surface area contributed by atoms with Gasteiger partial charge in [0.2, 0.25) is 0 Å². The third kappa shape index (κ3) is 2.93. The molecular weight excluding hydrogens is 263 g/mol. The Labute approximate surface area is 125 Å². The molecule has 0 saturated carbocycles. The fourth-order valence-corrected chi connectivity index (χ4v) is 3.15. The smallest absolute Gasteiger partial charge is 0.123 e. The van der Waals surface area contributed by atoms with Gasteiger partial charge in [0.1, 0.15) is 5.82 Å². The molecule has 1 aliphatic rings. The summed E-state index contributed by atoms with van der Waals surface area (Å²) in [5.41, 5.74) is 9.35. The lowest BCUT2D eigenvalue weighted by Gasteiger charge is -2.24. The fraction of sp³-hybridized carbons (Fsp3) is 0.333. The van der Waals surface area contributed by atoms with Gasteiger partial charge in [0.05, 0.1) is 0 Å². The van der Waals surface area contributed by atoms with Gasteiger partial charge in [-0.2, -0.15) is 0 Å². The van der Waals surface area contributed by atoms with Gasteiger partial charge >= 0.3 is 0 Å². The van der Waals surface area contributed by atoms with E-state index in [2.05, 4.69) is 29.2 Å². The minimum Gasteiger partial charge on any atom is -0.371 e. The van der Waals surface area contributed by atoms with Crippen molar-refractivity contribution in [3.05, 3.63) is 65.5 Å². The molecule has 3 heteroatoms.